The first kappa shape index (κ1) is 27.0. The fraction of sp³-hybridized carbons (Fsp3) is 0.185. The van der Waals surface area contributed by atoms with Crippen molar-refractivity contribution in [3.8, 4) is 5.75 Å². The zero-order valence-corrected chi connectivity index (χ0v) is 22.1. The minimum atomic E-state index is -1.05. The largest absolute Gasteiger partial charge is 0.508 e. The molecule has 0 aliphatic carbocycles. The van der Waals surface area contributed by atoms with Crippen molar-refractivity contribution in [3.05, 3.63) is 93.6 Å². The number of halogens is 1. The average Bonchev–Trinajstić information content (AvgIpc) is 2.85. The molecule has 8 nitrogen and oxygen atoms in total. The number of benzene rings is 3. The minimum absolute atomic E-state index is 0.0665. The summed E-state index contributed by atoms with van der Waals surface area (Å²) in [6.07, 6.45) is 0.118. The van der Waals surface area contributed by atoms with Gasteiger partial charge < -0.3 is 25.6 Å². The van der Waals surface area contributed by atoms with E-state index in [1.807, 2.05) is 19.1 Å². The molecule has 0 aliphatic heterocycles. The van der Waals surface area contributed by atoms with Gasteiger partial charge in [-0.1, -0.05) is 29.8 Å². The van der Waals surface area contributed by atoms with Gasteiger partial charge in [-0.2, -0.15) is 0 Å². The molecule has 5 N–H and O–H groups in total. The molecule has 0 saturated carbocycles. The molecule has 188 valence electrons. The summed E-state index contributed by atoms with van der Waals surface area (Å²) in [6.45, 7) is 4.00. The van der Waals surface area contributed by atoms with Gasteiger partial charge in [0.25, 0.3) is 0 Å². The number of phenols is 1. The van der Waals surface area contributed by atoms with E-state index in [0.717, 1.165) is 9.13 Å². The second-order valence-corrected chi connectivity index (χ2v) is 9.12. The van der Waals surface area contributed by atoms with Crippen molar-refractivity contribution < 1.29 is 24.2 Å². The number of phenolic OH excluding ortho intramolecular Hbond substituents is 1. The van der Waals surface area contributed by atoms with Crippen LogP contribution in [0.4, 0.5) is 21.9 Å². The summed E-state index contributed by atoms with van der Waals surface area (Å²) in [5, 5.41) is 16.0. The molecular formula is C27H28IN3O5. The van der Waals surface area contributed by atoms with Crippen LogP contribution in [-0.4, -0.2) is 29.8 Å². The Morgan fingerprint density at radius 3 is 2.50 bits per heavy atom. The van der Waals surface area contributed by atoms with Crippen LogP contribution in [0.2, 0.25) is 0 Å². The number of nitrogens with two attached hydrogens (primary N) is 1. The van der Waals surface area contributed by atoms with E-state index in [-0.39, 0.29) is 12.4 Å². The number of rotatable bonds is 9. The maximum atomic E-state index is 12.8. The first-order valence-corrected chi connectivity index (χ1v) is 12.3. The number of carbonyl (C=O) groups excluding carboxylic acids is 2. The van der Waals surface area contributed by atoms with Crippen molar-refractivity contribution in [2.45, 2.75) is 26.1 Å². The third-order valence-corrected chi connectivity index (χ3v) is 5.81. The summed E-state index contributed by atoms with van der Waals surface area (Å²) in [5.41, 5.74) is 8.75. The zero-order valence-electron chi connectivity index (χ0n) is 19.9. The monoisotopic (exact) mass is 601 g/mol. The normalized spacial score (nSPS) is 12.6. The highest BCUT2D eigenvalue weighted by Gasteiger charge is 2.29. The molecular weight excluding hydrogens is 573 g/mol. The van der Waals surface area contributed by atoms with Crippen LogP contribution in [0.3, 0.4) is 0 Å². The maximum absolute atomic E-state index is 12.8. The molecule has 0 unspecified atom stereocenters. The molecule has 0 fully saturated rings. The molecule has 2 amide bonds. The van der Waals surface area contributed by atoms with Gasteiger partial charge in [0.2, 0.25) is 5.91 Å². The van der Waals surface area contributed by atoms with Crippen molar-refractivity contribution in [3.63, 3.8) is 0 Å². The van der Waals surface area contributed by atoms with Crippen molar-refractivity contribution in [1.82, 2.24) is 0 Å². The van der Waals surface area contributed by atoms with Crippen LogP contribution in [0, 0.1) is 10.5 Å². The standard InChI is InChI=1S/C27H28IN3O5/c1-3-35-24(14-15-25(33)31-22-7-5-4-6-21(22)29)26(20-16-18(28)10-13-23(20)32)36-27(34)30-19-11-8-17(2)9-12-19/h4-16,24,26,32H,3,29H2,1-2H3,(H,30,34)(H,31,33)/b15-14+/t24-,26-/m0/s1. The molecule has 3 aromatic rings. The third-order valence-electron chi connectivity index (χ3n) is 5.14. The number of ether oxygens (including phenoxy) is 2. The number of carbonyl (C=O) groups is 2. The Balaban J connectivity index is 1.86. The van der Waals surface area contributed by atoms with Gasteiger partial charge in [0, 0.05) is 27.5 Å². The highest BCUT2D eigenvalue weighted by molar-refractivity contribution is 14.1. The quantitative estimate of drug-likeness (QED) is 0.140. The molecule has 0 spiro atoms. The van der Waals surface area contributed by atoms with E-state index in [9.17, 15) is 14.7 Å². The van der Waals surface area contributed by atoms with Gasteiger partial charge in [0.05, 0.1) is 11.4 Å². The van der Waals surface area contributed by atoms with Crippen LogP contribution in [0.15, 0.2) is 78.9 Å². The predicted molar refractivity (Wildman–Crippen MR) is 149 cm³/mol. The van der Waals surface area contributed by atoms with E-state index in [1.165, 1.54) is 18.2 Å². The van der Waals surface area contributed by atoms with E-state index in [2.05, 4.69) is 33.2 Å². The van der Waals surface area contributed by atoms with Gasteiger partial charge in [-0.15, -0.1) is 0 Å². The summed E-state index contributed by atoms with van der Waals surface area (Å²) in [7, 11) is 0. The van der Waals surface area contributed by atoms with Crippen LogP contribution in [0.5, 0.6) is 5.75 Å². The Morgan fingerprint density at radius 1 is 1.08 bits per heavy atom. The smallest absolute Gasteiger partial charge is 0.412 e. The summed E-state index contributed by atoms with van der Waals surface area (Å²) in [6, 6.07) is 19.1. The Hall–Kier alpha value is -3.57. The maximum Gasteiger partial charge on any atom is 0.412 e. The lowest BCUT2D eigenvalue weighted by molar-refractivity contribution is -0.112. The molecule has 0 heterocycles. The number of amides is 2. The number of nitrogen functional groups attached to an aromatic ring is 1. The second kappa shape index (κ2) is 12.9. The molecule has 36 heavy (non-hydrogen) atoms. The lowest BCUT2D eigenvalue weighted by atomic mass is 10.0. The third kappa shape index (κ3) is 7.72. The fourth-order valence-corrected chi connectivity index (χ4v) is 3.88. The number of hydrogen-bond acceptors (Lipinski definition) is 6. The summed E-state index contributed by atoms with van der Waals surface area (Å²) >= 11 is 2.10. The Labute approximate surface area is 223 Å². The van der Waals surface area contributed by atoms with E-state index in [4.69, 9.17) is 15.2 Å². The van der Waals surface area contributed by atoms with E-state index in [1.54, 1.807) is 55.5 Å². The second-order valence-electron chi connectivity index (χ2n) is 7.88. The van der Waals surface area contributed by atoms with Crippen LogP contribution < -0.4 is 16.4 Å². The van der Waals surface area contributed by atoms with E-state index in [0.29, 0.717) is 22.6 Å². The highest BCUT2D eigenvalue weighted by Crippen LogP contribution is 2.33. The van der Waals surface area contributed by atoms with Crippen molar-refractivity contribution in [1.29, 1.82) is 0 Å². The summed E-state index contributed by atoms with van der Waals surface area (Å²) < 4.78 is 12.4. The topological polar surface area (TPSA) is 123 Å². The fourth-order valence-electron chi connectivity index (χ4n) is 3.36. The Morgan fingerprint density at radius 2 is 1.81 bits per heavy atom. The number of anilines is 3. The number of aromatic hydroxyl groups is 1. The number of nitrogens with one attached hydrogen (secondary N) is 2. The minimum Gasteiger partial charge on any atom is -0.508 e. The van der Waals surface area contributed by atoms with Gasteiger partial charge in [-0.25, -0.2) is 4.79 Å². The molecule has 3 aromatic carbocycles. The van der Waals surface area contributed by atoms with Gasteiger partial charge in [-0.05, 0) is 85.0 Å². The predicted octanol–water partition coefficient (Wildman–Crippen LogP) is 5.78. The number of hydrogen-bond donors (Lipinski definition) is 4. The number of para-hydroxylation sites is 2. The lowest BCUT2D eigenvalue weighted by Crippen LogP contribution is -2.28. The van der Waals surface area contributed by atoms with Crippen LogP contribution >= 0.6 is 22.6 Å². The zero-order chi connectivity index (χ0) is 26.1. The van der Waals surface area contributed by atoms with Crippen molar-refractivity contribution >= 4 is 51.7 Å². The van der Waals surface area contributed by atoms with E-state index >= 15 is 0 Å². The molecule has 0 bridgehead atoms. The Bertz CT molecular complexity index is 1230. The SMILES string of the molecule is CCO[C@@H](/C=C/C(=O)Nc1ccccc1N)[C@@H](OC(=O)Nc1ccc(C)cc1)c1cc(I)ccc1O. The summed E-state index contributed by atoms with van der Waals surface area (Å²) in [5.74, 6) is -0.504. The van der Waals surface area contributed by atoms with Crippen LogP contribution in [0.25, 0.3) is 0 Å². The Kier molecular flexibility index (Phi) is 9.71. The van der Waals surface area contributed by atoms with Gasteiger partial charge in [-0.3, -0.25) is 10.1 Å². The van der Waals surface area contributed by atoms with Crippen LogP contribution in [0.1, 0.15) is 24.2 Å². The molecule has 3 rings (SSSR count). The summed E-state index contributed by atoms with van der Waals surface area (Å²) in [4.78, 5) is 25.4. The first-order valence-electron chi connectivity index (χ1n) is 11.2. The van der Waals surface area contributed by atoms with Crippen molar-refractivity contribution in [2.75, 3.05) is 23.0 Å². The van der Waals surface area contributed by atoms with Gasteiger partial charge in [0.1, 0.15) is 11.9 Å². The van der Waals surface area contributed by atoms with Gasteiger partial charge >= 0.3 is 6.09 Å². The molecule has 9 heteroatoms. The molecule has 0 saturated heterocycles. The first-order chi connectivity index (χ1) is 17.3. The van der Waals surface area contributed by atoms with Crippen LogP contribution in [-0.2, 0) is 14.3 Å². The highest BCUT2D eigenvalue weighted by atomic mass is 127. The number of aryl methyl sites for hydroxylation is 1. The van der Waals surface area contributed by atoms with Gasteiger partial charge in [0.15, 0.2) is 6.10 Å². The van der Waals surface area contributed by atoms with E-state index < -0.39 is 24.2 Å². The lowest BCUT2D eigenvalue weighted by Gasteiger charge is -2.26. The average molecular weight is 601 g/mol. The molecule has 0 aliphatic rings. The molecule has 0 aromatic heterocycles. The molecule has 2 atom stereocenters. The molecule has 0 radical (unpaired) electrons. The van der Waals surface area contributed by atoms with Crippen molar-refractivity contribution in [2.24, 2.45) is 0 Å².